The van der Waals surface area contributed by atoms with Crippen LogP contribution in [0.2, 0.25) is 0 Å². The molecule has 0 bridgehead atoms. The Morgan fingerprint density at radius 2 is 1.86 bits per heavy atom. The molecule has 29 heavy (non-hydrogen) atoms. The molecular formula is C27H48O2. The van der Waals surface area contributed by atoms with Gasteiger partial charge in [-0.3, -0.25) is 9.59 Å². The van der Waals surface area contributed by atoms with Crippen molar-refractivity contribution in [2.75, 3.05) is 0 Å². The first-order valence-corrected chi connectivity index (χ1v) is 11.9. The highest BCUT2D eigenvalue weighted by molar-refractivity contribution is 5.83. The lowest BCUT2D eigenvalue weighted by Crippen LogP contribution is -2.21. The zero-order chi connectivity index (χ0) is 22.7. The quantitative estimate of drug-likeness (QED) is 0.317. The molecule has 2 nitrogen and oxygen atoms in total. The van der Waals surface area contributed by atoms with Crippen LogP contribution in [0.3, 0.4) is 0 Å². The van der Waals surface area contributed by atoms with E-state index < -0.39 is 0 Å². The van der Waals surface area contributed by atoms with Crippen molar-refractivity contribution in [2.24, 2.45) is 22.7 Å². The summed E-state index contributed by atoms with van der Waals surface area (Å²) in [6.07, 6.45) is 15.9. The highest BCUT2D eigenvalue weighted by Crippen LogP contribution is 2.44. The molecule has 168 valence electrons. The SMILES string of the molecule is CC.CC(=O)C(C)(C)/C=C/C1CC=C(C)C1(C)C.CCCCCC1CCCC1=O. The summed E-state index contributed by atoms with van der Waals surface area (Å²) in [7, 11) is 0. The lowest BCUT2D eigenvalue weighted by molar-refractivity contribution is -0.123. The van der Waals surface area contributed by atoms with E-state index in [1.165, 1.54) is 31.3 Å². The molecule has 1 saturated carbocycles. The first kappa shape index (κ1) is 27.8. The smallest absolute Gasteiger partial charge is 0.139 e. The van der Waals surface area contributed by atoms with Crippen molar-refractivity contribution < 1.29 is 9.59 Å². The predicted octanol–water partition coefficient (Wildman–Crippen LogP) is 8.11. The van der Waals surface area contributed by atoms with Gasteiger partial charge in [0.1, 0.15) is 11.6 Å². The number of allylic oxidation sites excluding steroid dienone is 4. The van der Waals surface area contributed by atoms with Crippen LogP contribution in [0.5, 0.6) is 0 Å². The van der Waals surface area contributed by atoms with Crippen molar-refractivity contribution in [1.82, 2.24) is 0 Å². The molecule has 0 aliphatic heterocycles. The number of hydrogen-bond acceptors (Lipinski definition) is 2. The van der Waals surface area contributed by atoms with Crippen LogP contribution in [0.15, 0.2) is 23.8 Å². The molecule has 2 unspecified atom stereocenters. The normalized spacial score (nSPS) is 23.2. The number of unbranched alkanes of at least 4 members (excludes halogenated alkanes) is 2. The Morgan fingerprint density at radius 3 is 2.28 bits per heavy atom. The number of Topliss-reactive ketones (excluding diaryl/α,β-unsaturated/α-hetero) is 2. The average molecular weight is 405 g/mol. The van der Waals surface area contributed by atoms with Crippen molar-refractivity contribution in [3.63, 3.8) is 0 Å². The van der Waals surface area contributed by atoms with Crippen LogP contribution in [0.4, 0.5) is 0 Å². The van der Waals surface area contributed by atoms with E-state index in [-0.39, 0.29) is 16.6 Å². The van der Waals surface area contributed by atoms with Gasteiger partial charge >= 0.3 is 0 Å². The number of ketones is 2. The molecule has 0 aromatic rings. The molecular weight excluding hydrogens is 356 g/mol. The molecule has 0 heterocycles. The summed E-state index contributed by atoms with van der Waals surface area (Å²) in [6.45, 7) is 18.6. The van der Waals surface area contributed by atoms with Gasteiger partial charge in [-0.1, -0.05) is 77.7 Å². The number of carbonyl (C=O) groups excluding carboxylic acids is 2. The Hall–Kier alpha value is -1.18. The molecule has 0 aromatic heterocycles. The van der Waals surface area contributed by atoms with Crippen molar-refractivity contribution in [2.45, 2.75) is 114 Å². The van der Waals surface area contributed by atoms with Gasteiger partial charge in [0.25, 0.3) is 0 Å². The van der Waals surface area contributed by atoms with Crippen LogP contribution in [0.25, 0.3) is 0 Å². The first-order chi connectivity index (χ1) is 13.5. The number of hydrogen-bond donors (Lipinski definition) is 0. The molecule has 0 saturated heterocycles. The summed E-state index contributed by atoms with van der Waals surface area (Å²) in [6, 6.07) is 0. The maximum Gasteiger partial charge on any atom is 0.139 e. The summed E-state index contributed by atoms with van der Waals surface area (Å²) in [5.74, 6) is 1.73. The Bertz CT molecular complexity index is 563. The summed E-state index contributed by atoms with van der Waals surface area (Å²) < 4.78 is 0. The third-order valence-electron chi connectivity index (χ3n) is 6.86. The van der Waals surface area contributed by atoms with Crippen molar-refractivity contribution in [3.05, 3.63) is 23.8 Å². The van der Waals surface area contributed by atoms with E-state index in [1.54, 1.807) is 6.92 Å². The van der Waals surface area contributed by atoms with E-state index in [9.17, 15) is 9.59 Å². The van der Waals surface area contributed by atoms with Crippen LogP contribution in [0.1, 0.15) is 114 Å². The van der Waals surface area contributed by atoms with E-state index >= 15 is 0 Å². The van der Waals surface area contributed by atoms with Crippen LogP contribution >= 0.6 is 0 Å². The fourth-order valence-electron chi connectivity index (χ4n) is 3.78. The number of carbonyl (C=O) groups is 2. The third kappa shape index (κ3) is 9.01. The summed E-state index contributed by atoms with van der Waals surface area (Å²) in [5.41, 5.74) is 1.37. The molecule has 0 spiro atoms. The van der Waals surface area contributed by atoms with Gasteiger partial charge in [-0.25, -0.2) is 0 Å². The van der Waals surface area contributed by atoms with E-state index in [1.807, 2.05) is 27.7 Å². The second kappa shape index (κ2) is 13.2. The fraction of sp³-hybridized carbons (Fsp3) is 0.778. The number of rotatable bonds is 7. The predicted molar refractivity (Wildman–Crippen MR) is 127 cm³/mol. The first-order valence-electron chi connectivity index (χ1n) is 11.9. The second-order valence-corrected chi connectivity index (χ2v) is 9.64. The van der Waals surface area contributed by atoms with Gasteiger partial charge < -0.3 is 0 Å². The molecule has 2 rings (SSSR count). The Morgan fingerprint density at radius 1 is 1.24 bits per heavy atom. The molecule has 2 aliphatic carbocycles. The summed E-state index contributed by atoms with van der Waals surface area (Å²) in [4.78, 5) is 22.6. The van der Waals surface area contributed by atoms with Gasteiger partial charge in [-0.15, -0.1) is 0 Å². The Labute approximate surface area is 181 Å². The van der Waals surface area contributed by atoms with Gasteiger partial charge in [0.2, 0.25) is 0 Å². The van der Waals surface area contributed by atoms with Crippen LogP contribution in [-0.4, -0.2) is 11.6 Å². The van der Waals surface area contributed by atoms with Gasteiger partial charge in [0.05, 0.1) is 0 Å². The van der Waals surface area contributed by atoms with Gasteiger partial charge in [-0.2, -0.15) is 0 Å². The zero-order valence-electron chi connectivity index (χ0n) is 20.9. The van der Waals surface area contributed by atoms with Gasteiger partial charge in [0, 0.05) is 17.8 Å². The largest absolute Gasteiger partial charge is 0.299 e. The van der Waals surface area contributed by atoms with Crippen LogP contribution in [-0.2, 0) is 9.59 Å². The lowest BCUT2D eigenvalue weighted by atomic mass is 9.76. The minimum absolute atomic E-state index is 0.226. The highest BCUT2D eigenvalue weighted by atomic mass is 16.1. The van der Waals surface area contributed by atoms with E-state index in [2.05, 4.69) is 45.9 Å². The molecule has 2 aliphatic rings. The van der Waals surface area contributed by atoms with Crippen LogP contribution in [0, 0.1) is 22.7 Å². The van der Waals surface area contributed by atoms with Crippen LogP contribution < -0.4 is 0 Å². The molecule has 0 N–H and O–H groups in total. The minimum atomic E-state index is -0.327. The van der Waals surface area contributed by atoms with E-state index in [0.29, 0.717) is 17.6 Å². The molecule has 0 aromatic carbocycles. The average Bonchev–Trinajstić information content (AvgIpc) is 3.19. The standard InChI is InChI=1S/C15H24O.C10H18O.C2H6/c1-11-7-8-13(15(11,5)6)9-10-14(3,4)12(2)16;1-2-3-4-6-9-7-5-8-10(9)11;1-2/h7,9-10,13H,8H2,1-6H3;9H,2-8H2,1H3;1-2H3/b10-9+;;. The maximum absolute atomic E-state index is 11.4. The monoisotopic (exact) mass is 404 g/mol. The Kier molecular flexibility index (Phi) is 12.7. The minimum Gasteiger partial charge on any atom is -0.299 e. The Balaban J connectivity index is 0.000000526. The van der Waals surface area contributed by atoms with Gasteiger partial charge in [-0.05, 0) is 64.7 Å². The van der Waals surface area contributed by atoms with Crippen molar-refractivity contribution in [3.8, 4) is 0 Å². The lowest BCUT2D eigenvalue weighted by Gasteiger charge is -2.28. The maximum atomic E-state index is 11.4. The summed E-state index contributed by atoms with van der Waals surface area (Å²) >= 11 is 0. The van der Waals surface area contributed by atoms with Gasteiger partial charge in [0.15, 0.2) is 0 Å². The van der Waals surface area contributed by atoms with Crippen molar-refractivity contribution in [1.29, 1.82) is 0 Å². The van der Waals surface area contributed by atoms with E-state index in [4.69, 9.17) is 0 Å². The van der Waals surface area contributed by atoms with Crippen molar-refractivity contribution >= 4 is 11.6 Å². The van der Waals surface area contributed by atoms with E-state index in [0.717, 1.165) is 25.7 Å². The molecule has 1 fully saturated rings. The molecule has 0 radical (unpaired) electrons. The molecule has 2 atom stereocenters. The molecule has 2 heteroatoms. The second-order valence-electron chi connectivity index (χ2n) is 9.64. The summed E-state index contributed by atoms with van der Waals surface area (Å²) in [5, 5.41) is 0. The topological polar surface area (TPSA) is 34.1 Å². The fourth-order valence-corrected chi connectivity index (χ4v) is 3.78. The third-order valence-corrected chi connectivity index (χ3v) is 6.86. The zero-order valence-corrected chi connectivity index (χ0v) is 20.9. The highest BCUT2D eigenvalue weighted by Gasteiger charge is 2.33. The molecule has 0 amide bonds.